The van der Waals surface area contributed by atoms with E-state index < -0.39 is 31.1 Å². The monoisotopic (exact) mass is 1210 g/mol. The van der Waals surface area contributed by atoms with Crippen LogP contribution in [0, 0.1) is 19.7 Å². The first-order chi connectivity index (χ1) is 46.1. The van der Waals surface area contributed by atoms with Crippen molar-refractivity contribution < 1.29 is 37.4 Å². The molecule has 3 aromatic heterocycles. The van der Waals surface area contributed by atoms with Crippen LogP contribution >= 0.6 is 0 Å². The number of nitrogens with one attached hydrogen (secondary N) is 3. The van der Waals surface area contributed by atoms with E-state index in [0.717, 1.165) is 79.4 Å². The number of rotatable bonds is 21. The van der Waals surface area contributed by atoms with Crippen molar-refractivity contribution in [3.05, 3.63) is 177 Å². The Balaban J connectivity index is 0.000000158. The van der Waals surface area contributed by atoms with Gasteiger partial charge in [0.15, 0.2) is 0 Å². The highest BCUT2D eigenvalue weighted by Gasteiger charge is 2.30. The van der Waals surface area contributed by atoms with Crippen molar-refractivity contribution in [3.63, 3.8) is 0 Å². The molecular weight excluding hydrogens is 1130 g/mol. The fourth-order valence-corrected chi connectivity index (χ4v) is 11.4. The first kappa shape index (κ1) is 54.6. The third kappa shape index (κ3) is 14.6. The molecule has 0 saturated heterocycles. The van der Waals surface area contributed by atoms with E-state index in [1.807, 2.05) is 42.5 Å². The minimum Gasteiger partial charge on any atom is -0.502 e. The van der Waals surface area contributed by atoms with Gasteiger partial charge in [-0.25, -0.2) is 14.5 Å². The predicted molar refractivity (Wildman–Crippen MR) is 350 cm³/mol. The molecule has 0 saturated carbocycles. The van der Waals surface area contributed by atoms with Gasteiger partial charge in [-0.05, 0) is 207 Å². The molecule has 18 heteroatoms. The third-order valence-electron chi connectivity index (χ3n) is 15.4. The van der Waals surface area contributed by atoms with E-state index in [0.29, 0.717) is 99.5 Å². The molecule has 0 spiro atoms. The molecule has 3 N–H and O–H groups in total. The molecule has 0 bridgehead atoms. The summed E-state index contributed by atoms with van der Waals surface area (Å²) in [7, 11) is 0. The molecule has 90 heavy (non-hydrogen) atoms. The van der Waals surface area contributed by atoms with Crippen LogP contribution in [0.15, 0.2) is 123 Å². The molecule has 18 nitrogen and oxygen atoms in total. The van der Waals surface area contributed by atoms with Crippen LogP contribution in [0.3, 0.4) is 0 Å². The van der Waals surface area contributed by atoms with Gasteiger partial charge in [0.05, 0.1) is 42.1 Å². The summed E-state index contributed by atoms with van der Waals surface area (Å²) >= 11 is 0. The fraction of sp³-hybridized carbons (Fsp3) is 0.375. The van der Waals surface area contributed by atoms with Crippen LogP contribution in [0.25, 0.3) is 83.1 Å². The zero-order valence-electron chi connectivity index (χ0n) is 59.2. The van der Waals surface area contributed by atoms with Gasteiger partial charge in [0, 0.05) is 57.0 Å². The summed E-state index contributed by atoms with van der Waals surface area (Å²) in [6, 6.07) is 33.6. The average molecular weight is 1210 g/mol. The summed E-state index contributed by atoms with van der Waals surface area (Å²) in [4.78, 5) is 24.3. The first-order valence-electron chi connectivity index (χ1n) is 33.8. The van der Waals surface area contributed by atoms with Gasteiger partial charge in [-0.1, -0.05) is 90.8 Å². The Hall–Kier alpha value is -9.51. The van der Waals surface area contributed by atoms with Crippen LogP contribution in [-0.4, -0.2) is 68.2 Å². The summed E-state index contributed by atoms with van der Waals surface area (Å²) in [5, 5.41) is 22.6. The Morgan fingerprint density at radius 2 is 0.811 bits per heavy atom. The zero-order valence-corrected chi connectivity index (χ0v) is 52.2. The lowest BCUT2D eigenvalue weighted by Gasteiger charge is -2.13. The first-order valence-corrected chi connectivity index (χ1v) is 30.3. The topological polar surface area (TPSA) is 194 Å². The maximum atomic E-state index is 8.10. The Morgan fingerprint density at radius 3 is 1.10 bits per heavy atom. The average Bonchev–Trinajstić information content (AvgIpc) is 1.65. The maximum Gasteiger partial charge on any atom is 0.256 e. The Morgan fingerprint density at radius 1 is 0.489 bits per heavy atom. The van der Waals surface area contributed by atoms with Crippen LogP contribution in [-0.2, 0) is 19.3 Å². The second-order valence-corrected chi connectivity index (χ2v) is 22.5. The molecule has 3 atom stereocenters. The minimum atomic E-state index is -2.19. The van der Waals surface area contributed by atoms with E-state index in [9.17, 15) is 0 Å². The summed E-state index contributed by atoms with van der Waals surface area (Å²) in [6.45, 7) is 37.4. The molecule has 6 aromatic carbocycles. The molecule has 3 aliphatic carbocycles. The third-order valence-corrected chi connectivity index (χ3v) is 15.4. The lowest BCUT2D eigenvalue weighted by Crippen LogP contribution is -2.19. The maximum absolute atomic E-state index is 8.10. The van der Waals surface area contributed by atoms with Gasteiger partial charge in [-0.3, -0.25) is 0 Å². The van der Waals surface area contributed by atoms with E-state index in [1.54, 1.807) is 96.1 Å². The lowest BCUT2D eigenvalue weighted by atomic mass is 10.0. The number of benzene rings is 6. The molecule has 0 aliphatic heterocycles. The van der Waals surface area contributed by atoms with Crippen molar-refractivity contribution in [3.8, 4) is 85.8 Å². The Kier molecular flexibility index (Phi) is 18.0. The van der Waals surface area contributed by atoms with Gasteiger partial charge in [0.1, 0.15) is 17.2 Å². The van der Waals surface area contributed by atoms with Crippen LogP contribution in [0.2, 0.25) is 0 Å². The van der Waals surface area contributed by atoms with Crippen LogP contribution in [0.1, 0.15) is 162 Å². The quantitative estimate of drug-likeness (QED) is 0.0575. The summed E-state index contributed by atoms with van der Waals surface area (Å²) in [6.07, 6.45) is 2.11. The number of hydrogen-bond donors (Lipinski definition) is 3. The zero-order chi connectivity index (χ0) is 69.6. The molecule has 0 unspecified atom stereocenters. The number of aromatic nitrogens is 6. The van der Waals surface area contributed by atoms with Gasteiger partial charge in [-0.15, -0.1) is 0 Å². The Labute approximate surface area is 537 Å². The molecule has 3 heterocycles. The molecule has 0 radical (unpaired) electrons. The second-order valence-electron chi connectivity index (χ2n) is 22.5. The predicted octanol–water partition coefficient (Wildman–Crippen LogP) is 17.2. The molecule has 462 valence electrons. The molecule has 3 aliphatic rings. The van der Waals surface area contributed by atoms with E-state index in [-0.39, 0.29) is 17.6 Å². The van der Waals surface area contributed by atoms with Crippen LogP contribution < -0.4 is 30.2 Å². The molecule has 12 rings (SSSR count). The van der Waals surface area contributed by atoms with Crippen LogP contribution in [0.5, 0.6) is 17.2 Å². The normalized spacial score (nSPS) is 17.0. The SMILES string of the molecule is [2H]C(C)(C)Oc1ccc(-c2nc(-c3cccc4c3CC[C@@H]4NC([2H])([2H])C([2H])([2H])C)no2)cc1[N+]#[C-].[2H]C(C)(C)Oc1ccc(-c2nc(-c3cccc4c3CC[C@@H]4NCCC)no2)cc1[N+]#[C-].[2H]C(C)(C)Oc1ccc(-c2nc(-c3cccc4c3CC[C@@H]4NCCC)no2)cc1[N+]#[C-]. The van der Waals surface area contributed by atoms with Gasteiger partial charge < -0.3 is 43.7 Å². The van der Waals surface area contributed by atoms with E-state index in [4.69, 9.17) is 57.1 Å². The molecular formula is C72H78N12O6. The summed E-state index contributed by atoms with van der Waals surface area (Å²) < 4.78 is 88.7. The van der Waals surface area contributed by atoms with E-state index in [2.05, 4.69) is 86.9 Å². The van der Waals surface area contributed by atoms with Crippen LogP contribution in [0.4, 0.5) is 17.1 Å². The summed E-state index contributed by atoms with van der Waals surface area (Å²) in [5.74, 6) is 3.47. The number of ether oxygens (including phenoxy) is 3. The van der Waals surface area contributed by atoms with E-state index in [1.165, 1.54) is 29.2 Å². The highest BCUT2D eigenvalue weighted by Crippen LogP contribution is 2.42. The molecule has 0 amide bonds. The molecule has 0 fully saturated rings. The van der Waals surface area contributed by atoms with Crippen molar-refractivity contribution in [1.82, 2.24) is 46.4 Å². The van der Waals surface area contributed by atoms with Crippen molar-refractivity contribution in [2.24, 2.45) is 0 Å². The van der Waals surface area contributed by atoms with Crippen molar-refractivity contribution in [2.45, 2.75) is 156 Å². The summed E-state index contributed by atoms with van der Waals surface area (Å²) in [5.41, 5.74) is 12.5. The fourth-order valence-electron chi connectivity index (χ4n) is 11.4. The van der Waals surface area contributed by atoms with Gasteiger partial charge in [-0.2, -0.15) is 15.0 Å². The van der Waals surface area contributed by atoms with Crippen molar-refractivity contribution in [2.75, 3.05) is 19.6 Å². The Bertz CT molecular complexity index is 4250. The van der Waals surface area contributed by atoms with Gasteiger partial charge in [0.2, 0.25) is 34.5 Å². The highest BCUT2D eigenvalue weighted by atomic mass is 16.5. The smallest absolute Gasteiger partial charge is 0.256 e. The van der Waals surface area contributed by atoms with Crippen molar-refractivity contribution in [1.29, 1.82) is 0 Å². The van der Waals surface area contributed by atoms with Gasteiger partial charge >= 0.3 is 0 Å². The largest absolute Gasteiger partial charge is 0.502 e. The minimum absolute atomic E-state index is 0.238. The van der Waals surface area contributed by atoms with E-state index >= 15 is 0 Å². The molecule has 9 aromatic rings. The van der Waals surface area contributed by atoms with Gasteiger partial charge in [0.25, 0.3) is 17.7 Å². The number of nitrogens with zero attached hydrogens (tertiary/aromatic N) is 9. The lowest BCUT2D eigenvalue weighted by molar-refractivity contribution is 0.244. The highest BCUT2D eigenvalue weighted by molar-refractivity contribution is 5.74. The second kappa shape index (κ2) is 29.7. The standard InChI is InChI=1S/3C24H26N4O2/c3*1-5-13-26-20-11-10-17-18(20)7-6-8-19(17)23-27-24(30-28-23)16-9-12-22(29-15(2)3)21(14-16)25-4/h3*6-9,12,14-15,20,26H,5,10-11,13H2,1-3H3/t3*20-/m000/s1/i5D2,13D2,15D;2*15D. The number of fused-ring (bicyclic) bond motifs is 3. The number of hydrogen-bond acceptors (Lipinski definition) is 15. The van der Waals surface area contributed by atoms with Crippen molar-refractivity contribution >= 4 is 17.1 Å².